The molecule has 0 saturated carbocycles. The van der Waals surface area contributed by atoms with Crippen LogP contribution in [0.25, 0.3) is 0 Å². The Kier molecular flexibility index (Phi) is 7.00. The van der Waals surface area contributed by atoms with Gasteiger partial charge in [-0.1, -0.05) is 32.0 Å². The number of hydrogen-bond acceptors (Lipinski definition) is 2. The predicted molar refractivity (Wildman–Crippen MR) is 76.7 cm³/mol. The molecule has 0 saturated heterocycles. The van der Waals surface area contributed by atoms with Crippen molar-refractivity contribution in [3.63, 3.8) is 0 Å². The number of ether oxygens (including phenoxy) is 1. The molecule has 0 aliphatic heterocycles. The van der Waals surface area contributed by atoms with Gasteiger partial charge in [-0.15, -0.1) is 0 Å². The van der Waals surface area contributed by atoms with Crippen LogP contribution in [-0.2, 0) is 4.74 Å². The molecule has 0 aliphatic carbocycles. The third kappa shape index (κ3) is 4.39. The van der Waals surface area contributed by atoms with E-state index in [1.807, 2.05) is 0 Å². The summed E-state index contributed by atoms with van der Waals surface area (Å²) >= 11 is 2.38. The Hall–Kier alpha value is -0.130. The summed E-state index contributed by atoms with van der Waals surface area (Å²) in [5, 5.41) is 3.47. The minimum Gasteiger partial charge on any atom is -0.379 e. The van der Waals surface area contributed by atoms with Crippen LogP contribution in [0.4, 0.5) is 0 Å². The third-order valence-corrected chi connectivity index (χ3v) is 3.35. The lowest BCUT2D eigenvalue weighted by Crippen LogP contribution is -2.26. The summed E-state index contributed by atoms with van der Waals surface area (Å²) in [5.74, 6) is 0. The van der Waals surface area contributed by atoms with Crippen LogP contribution in [-0.4, -0.2) is 19.8 Å². The highest BCUT2D eigenvalue weighted by Gasteiger charge is 2.12. The van der Waals surface area contributed by atoms with Crippen LogP contribution in [0.3, 0.4) is 0 Å². The topological polar surface area (TPSA) is 21.3 Å². The fourth-order valence-electron chi connectivity index (χ4n) is 1.61. The van der Waals surface area contributed by atoms with E-state index < -0.39 is 0 Å². The number of nitrogens with one attached hydrogen (secondary N) is 1. The second-order valence-electron chi connectivity index (χ2n) is 3.71. The lowest BCUT2D eigenvalue weighted by atomic mass is 10.1. The van der Waals surface area contributed by atoms with E-state index in [0.717, 1.165) is 26.2 Å². The predicted octanol–water partition coefficient (Wildman–Crippen LogP) is 3.37. The number of likely N-dealkylation sites (N-methyl/N-ethyl adjacent to an activating group) is 1. The van der Waals surface area contributed by atoms with Crippen molar-refractivity contribution in [2.45, 2.75) is 26.3 Å². The third-order valence-electron chi connectivity index (χ3n) is 2.36. The van der Waals surface area contributed by atoms with Gasteiger partial charge in [-0.3, -0.25) is 0 Å². The average Bonchev–Trinajstić information content (AvgIpc) is 2.29. The summed E-state index contributed by atoms with van der Waals surface area (Å²) in [5.41, 5.74) is 1.33. The maximum Gasteiger partial charge on any atom is 0.0661 e. The van der Waals surface area contributed by atoms with Crippen LogP contribution in [0, 0.1) is 3.57 Å². The van der Waals surface area contributed by atoms with E-state index in [1.54, 1.807) is 0 Å². The van der Waals surface area contributed by atoms with Gasteiger partial charge in [0.25, 0.3) is 0 Å². The first-order valence-electron chi connectivity index (χ1n) is 5.85. The normalized spacial score (nSPS) is 12.7. The highest BCUT2D eigenvalue weighted by Crippen LogP contribution is 2.20. The second kappa shape index (κ2) is 8.03. The molecule has 0 bridgehead atoms. The fraction of sp³-hybridized carbons (Fsp3) is 0.538. The minimum atomic E-state index is 0.310. The Morgan fingerprint density at radius 2 is 2.06 bits per heavy atom. The maximum atomic E-state index is 5.64. The van der Waals surface area contributed by atoms with Gasteiger partial charge in [0.2, 0.25) is 0 Å². The quantitative estimate of drug-likeness (QED) is 0.610. The molecule has 1 atom stereocenters. The summed E-state index contributed by atoms with van der Waals surface area (Å²) < 4.78 is 6.94. The van der Waals surface area contributed by atoms with Crippen molar-refractivity contribution in [1.82, 2.24) is 5.32 Å². The van der Waals surface area contributed by atoms with Crippen molar-refractivity contribution in [2.24, 2.45) is 0 Å². The first-order valence-corrected chi connectivity index (χ1v) is 6.93. The van der Waals surface area contributed by atoms with E-state index in [2.05, 4.69) is 66.0 Å². The largest absolute Gasteiger partial charge is 0.379 e. The Balaban J connectivity index is 2.65. The van der Waals surface area contributed by atoms with Gasteiger partial charge in [0.05, 0.1) is 12.6 Å². The number of halogens is 1. The molecule has 2 nitrogen and oxygen atoms in total. The molecule has 1 aromatic carbocycles. The van der Waals surface area contributed by atoms with Crippen molar-refractivity contribution in [2.75, 3.05) is 19.8 Å². The highest BCUT2D eigenvalue weighted by atomic mass is 127. The highest BCUT2D eigenvalue weighted by molar-refractivity contribution is 14.1. The van der Waals surface area contributed by atoms with Crippen LogP contribution >= 0.6 is 22.6 Å². The zero-order chi connectivity index (χ0) is 11.8. The molecule has 0 radical (unpaired) electrons. The summed E-state index contributed by atoms with van der Waals surface area (Å²) in [6.45, 7) is 6.81. The standard InChI is InChI=1S/C13H20INO/c1-3-9-16-10-13(15-4-2)11-7-5-6-8-12(11)14/h5-8,13,15H,3-4,9-10H2,1-2H3. The van der Waals surface area contributed by atoms with E-state index >= 15 is 0 Å². The molecule has 90 valence electrons. The SMILES string of the molecule is CCCOCC(NCC)c1ccccc1I. The number of benzene rings is 1. The van der Waals surface area contributed by atoms with Gasteiger partial charge in [0.1, 0.15) is 0 Å². The van der Waals surface area contributed by atoms with Crippen LogP contribution in [0.2, 0.25) is 0 Å². The molecule has 1 rings (SSSR count). The fourth-order valence-corrected chi connectivity index (χ4v) is 2.37. The zero-order valence-corrected chi connectivity index (χ0v) is 12.2. The van der Waals surface area contributed by atoms with Crippen molar-refractivity contribution in [3.05, 3.63) is 33.4 Å². The van der Waals surface area contributed by atoms with E-state index in [-0.39, 0.29) is 0 Å². The van der Waals surface area contributed by atoms with Gasteiger partial charge in [-0.25, -0.2) is 0 Å². The first kappa shape index (κ1) is 13.9. The van der Waals surface area contributed by atoms with E-state index in [9.17, 15) is 0 Å². The number of hydrogen-bond donors (Lipinski definition) is 1. The number of rotatable bonds is 7. The maximum absolute atomic E-state index is 5.64. The summed E-state index contributed by atoms with van der Waals surface area (Å²) in [6.07, 6.45) is 1.07. The molecule has 3 heteroatoms. The van der Waals surface area contributed by atoms with Crippen molar-refractivity contribution in [1.29, 1.82) is 0 Å². The first-order chi connectivity index (χ1) is 7.79. The van der Waals surface area contributed by atoms with Crippen LogP contribution in [0.1, 0.15) is 31.9 Å². The lowest BCUT2D eigenvalue weighted by Gasteiger charge is -2.19. The minimum absolute atomic E-state index is 0.310. The molecular formula is C13H20INO. The lowest BCUT2D eigenvalue weighted by molar-refractivity contribution is 0.112. The molecule has 1 N–H and O–H groups in total. The summed E-state index contributed by atoms with van der Waals surface area (Å²) in [7, 11) is 0. The van der Waals surface area contributed by atoms with E-state index in [4.69, 9.17) is 4.74 Å². The van der Waals surface area contributed by atoms with Gasteiger partial charge in [-0.05, 0) is 47.2 Å². The molecule has 1 aromatic rings. The van der Waals surface area contributed by atoms with E-state index in [1.165, 1.54) is 9.13 Å². The molecule has 1 unspecified atom stereocenters. The Morgan fingerprint density at radius 1 is 1.31 bits per heavy atom. The van der Waals surface area contributed by atoms with Crippen LogP contribution in [0.5, 0.6) is 0 Å². The van der Waals surface area contributed by atoms with Crippen LogP contribution < -0.4 is 5.32 Å². The van der Waals surface area contributed by atoms with E-state index in [0.29, 0.717) is 6.04 Å². The molecule has 0 aromatic heterocycles. The molecule has 0 heterocycles. The second-order valence-corrected chi connectivity index (χ2v) is 4.87. The molecule has 0 aliphatic rings. The molecule has 0 fully saturated rings. The molecule has 0 spiro atoms. The molecule has 16 heavy (non-hydrogen) atoms. The summed E-state index contributed by atoms with van der Waals surface area (Å²) in [4.78, 5) is 0. The van der Waals surface area contributed by atoms with Gasteiger partial charge >= 0.3 is 0 Å². The van der Waals surface area contributed by atoms with Crippen molar-refractivity contribution in [3.8, 4) is 0 Å². The smallest absolute Gasteiger partial charge is 0.0661 e. The Bertz CT molecular complexity index is 304. The summed E-state index contributed by atoms with van der Waals surface area (Å²) in [6, 6.07) is 8.78. The van der Waals surface area contributed by atoms with Gasteiger partial charge in [0, 0.05) is 10.2 Å². The van der Waals surface area contributed by atoms with Gasteiger partial charge in [-0.2, -0.15) is 0 Å². The van der Waals surface area contributed by atoms with Crippen LogP contribution in [0.15, 0.2) is 24.3 Å². The molecule has 0 amide bonds. The Morgan fingerprint density at radius 3 is 2.69 bits per heavy atom. The van der Waals surface area contributed by atoms with Crippen molar-refractivity contribution < 1.29 is 4.74 Å². The molecular weight excluding hydrogens is 313 g/mol. The van der Waals surface area contributed by atoms with Gasteiger partial charge < -0.3 is 10.1 Å². The zero-order valence-electron chi connectivity index (χ0n) is 10.0. The van der Waals surface area contributed by atoms with Gasteiger partial charge in [0.15, 0.2) is 0 Å². The van der Waals surface area contributed by atoms with Crippen molar-refractivity contribution >= 4 is 22.6 Å². The average molecular weight is 333 g/mol. The Labute approximate surface area is 112 Å². The monoisotopic (exact) mass is 333 g/mol.